The Bertz CT molecular complexity index is 592. The molecule has 1 saturated carbocycles. The van der Waals surface area contributed by atoms with E-state index in [1.165, 1.54) is 0 Å². The van der Waals surface area contributed by atoms with E-state index in [1.54, 1.807) is 13.2 Å². The van der Waals surface area contributed by atoms with Crippen LogP contribution in [-0.4, -0.2) is 18.3 Å². The number of aliphatic hydroxyl groups is 1. The highest BCUT2D eigenvalue weighted by Gasteiger charge is 2.39. The van der Waals surface area contributed by atoms with Crippen LogP contribution in [0.4, 0.5) is 0 Å². The predicted octanol–water partition coefficient (Wildman–Crippen LogP) is 3.86. The van der Waals surface area contributed by atoms with Gasteiger partial charge in [-0.1, -0.05) is 23.7 Å². The summed E-state index contributed by atoms with van der Waals surface area (Å²) in [6, 6.07) is 7.50. The third kappa shape index (κ3) is 2.27. The van der Waals surface area contributed by atoms with Gasteiger partial charge >= 0.3 is 0 Å². The molecule has 2 unspecified atom stereocenters. The fraction of sp³-hybridized carbons (Fsp3) is 0.467. The molecule has 1 fully saturated rings. The lowest BCUT2D eigenvalue weighted by Gasteiger charge is -2.34. The third-order valence-corrected chi connectivity index (χ3v) is 4.27. The summed E-state index contributed by atoms with van der Waals surface area (Å²) in [6.07, 6.45) is 3.27. The maximum Gasteiger partial charge on any atom is 0.153 e. The molecule has 1 aromatic carbocycles. The smallest absolute Gasteiger partial charge is 0.153 e. The summed E-state index contributed by atoms with van der Waals surface area (Å²) in [4.78, 5) is 0. The second kappa shape index (κ2) is 4.82. The fourth-order valence-electron chi connectivity index (χ4n) is 2.88. The summed E-state index contributed by atoms with van der Waals surface area (Å²) in [5.74, 6) is 0.595. The molecular formula is C15H17ClO3. The SMILES string of the molecule is COC1CCCC(O)(c2cc3cccc(Cl)c3o2)C1. The molecular weight excluding hydrogens is 264 g/mol. The van der Waals surface area contributed by atoms with Gasteiger partial charge in [-0.15, -0.1) is 0 Å². The summed E-state index contributed by atoms with van der Waals surface area (Å²) in [5, 5.41) is 12.3. The number of hydrogen-bond donors (Lipinski definition) is 1. The minimum atomic E-state index is -0.943. The van der Waals surface area contributed by atoms with Crippen molar-refractivity contribution in [2.75, 3.05) is 7.11 Å². The molecule has 4 heteroatoms. The third-order valence-electron chi connectivity index (χ3n) is 3.97. The van der Waals surface area contributed by atoms with Gasteiger partial charge in [0.2, 0.25) is 0 Å². The monoisotopic (exact) mass is 280 g/mol. The normalized spacial score (nSPS) is 27.8. The largest absolute Gasteiger partial charge is 0.456 e. The van der Waals surface area contributed by atoms with Crippen LogP contribution in [0.25, 0.3) is 11.0 Å². The van der Waals surface area contributed by atoms with Crippen LogP contribution < -0.4 is 0 Å². The first kappa shape index (κ1) is 13.0. The zero-order valence-corrected chi connectivity index (χ0v) is 11.6. The molecule has 1 aliphatic rings. The van der Waals surface area contributed by atoms with Crippen molar-refractivity contribution in [3.63, 3.8) is 0 Å². The van der Waals surface area contributed by atoms with E-state index in [2.05, 4.69) is 0 Å². The zero-order valence-electron chi connectivity index (χ0n) is 10.9. The molecule has 2 atom stereocenters. The van der Waals surface area contributed by atoms with E-state index in [-0.39, 0.29) is 6.10 Å². The Kier molecular flexibility index (Phi) is 3.29. The first-order valence-electron chi connectivity index (χ1n) is 6.56. The van der Waals surface area contributed by atoms with Crippen molar-refractivity contribution in [1.29, 1.82) is 0 Å². The Morgan fingerprint density at radius 3 is 3.05 bits per heavy atom. The van der Waals surface area contributed by atoms with Gasteiger partial charge < -0.3 is 14.3 Å². The highest BCUT2D eigenvalue weighted by molar-refractivity contribution is 6.34. The van der Waals surface area contributed by atoms with Crippen molar-refractivity contribution in [3.8, 4) is 0 Å². The van der Waals surface area contributed by atoms with Gasteiger partial charge in [0.15, 0.2) is 5.58 Å². The number of furan rings is 1. The first-order valence-corrected chi connectivity index (χ1v) is 6.94. The van der Waals surface area contributed by atoms with Crippen LogP contribution in [0.3, 0.4) is 0 Å². The summed E-state index contributed by atoms with van der Waals surface area (Å²) in [6.45, 7) is 0. The number of halogens is 1. The number of para-hydroxylation sites is 1. The van der Waals surface area contributed by atoms with Crippen LogP contribution in [0.2, 0.25) is 5.02 Å². The minimum absolute atomic E-state index is 0.0856. The van der Waals surface area contributed by atoms with Crippen LogP contribution in [-0.2, 0) is 10.3 Å². The molecule has 0 amide bonds. The molecule has 0 bridgehead atoms. The van der Waals surface area contributed by atoms with Gasteiger partial charge in [-0.2, -0.15) is 0 Å². The van der Waals surface area contributed by atoms with Crippen molar-refractivity contribution in [2.45, 2.75) is 37.4 Å². The van der Waals surface area contributed by atoms with Crippen molar-refractivity contribution < 1.29 is 14.3 Å². The Morgan fingerprint density at radius 2 is 2.32 bits per heavy atom. The quantitative estimate of drug-likeness (QED) is 0.908. The van der Waals surface area contributed by atoms with Crippen LogP contribution in [0.5, 0.6) is 0 Å². The van der Waals surface area contributed by atoms with Gasteiger partial charge in [0.05, 0.1) is 11.1 Å². The highest BCUT2D eigenvalue weighted by atomic mass is 35.5. The second-order valence-corrected chi connectivity index (χ2v) is 5.66. The molecule has 0 radical (unpaired) electrons. The Hall–Kier alpha value is -1.03. The van der Waals surface area contributed by atoms with E-state index in [9.17, 15) is 5.11 Å². The number of methoxy groups -OCH3 is 1. The van der Waals surface area contributed by atoms with Crippen molar-refractivity contribution in [2.24, 2.45) is 0 Å². The molecule has 1 N–H and O–H groups in total. The van der Waals surface area contributed by atoms with Gasteiger partial charge in [-0.25, -0.2) is 0 Å². The molecule has 1 aliphatic carbocycles. The van der Waals surface area contributed by atoms with Crippen molar-refractivity contribution in [3.05, 3.63) is 35.0 Å². The van der Waals surface area contributed by atoms with E-state index < -0.39 is 5.60 Å². The molecule has 0 saturated heterocycles. The lowest BCUT2D eigenvalue weighted by Crippen LogP contribution is -2.35. The molecule has 3 rings (SSSR count). The summed E-state index contributed by atoms with van der Waals surface area (Å²) < 4.78 is 11.2. The van der Waals surface area contributed by atoms with Gasteiger partial charge in [-0.05, 0) is 31.4 Å². The lowest BCUT2D eigenvalue weighted by molar-refractivity contribution is -0.0743. The standard InChI is InChI=1S/C15H17ClO3/c1-18-11-5-3-7-15(17,9-11)13-8-10-4-2-6-12(16)14(10)19-13/h2,4,6,8,11,17H,3,5,7,9H2,1H3. The summed E-state index contributed by atoms with van der Waals surface area (Å²) in [7, 11) is 1.69. The molecule has 1 heterocycles. The number of hydrogen-bond acceptors (Lipinski definition) is 3. The van der Waals surface area contributed by atoms with Gasteiger partial charge in [-0.3, -0.25) is 0 Å². The number of benzene rings is 1. The molecule has 0 spiro atoms. The molecule has 1 aromatic heterocycles. The predicted molar refractivity (Wildman–Crippen MR) is 74.4 cm³/mol. The number of ether oxygens (including phenoxy) is 1. The molecule has 0 aliphatic heterocycles. The Morgan fingerprint density at radius 1 is 1.47 bits per heavy atom. The summed E-state index contributed by atoms with van der Waals surface area (Å²) in [5.41, 5.74) is -0.298. The van der Waals surface area contributed by atoms with Gasteiger partial charge in [0.25, 0.3) is 0 Å². The van der Waals surface area contributed by atoms with Crippen LogP contribution in [0.15, 0.2) is 28.7 Å². The molecule has 3 nitrogen and oxygen atoms in total. The second-order valence-electron chi connectivity index (χ2n) is 5.25. The van der Waals surface area contributed by atoms with Crippen molar-refractivity contribution in [1.82, 2.24) is 0 Å². The average Bonchev–Trinajstić information content (AvgIpc) is 2.85. The topological polar surface area (TPSA) is 42.6 Å². The van der Waals surface area contributed by atoms with E-state index in [4.69, 9.17) is 20.8 Å². The van der Waals surface area contributed by atoms with E-state index >= 15 is 0 Å². The van der Waals surface area contributed by atoms with Gasteiger partial charge in [0.1, 0.15) is 11.4 Å². The maximum absolute atomic E-state index is 10.8. The van der Waals surface area contributed by atoms with Crippen molar-refractivity contribution >= 4 is 22.6 Å². The molecule has 102 valence electrons. The van der Waals surface area contributed by atoms with E-state index in [0.717, 1.165) is 18.2 Å². The highest BCUT2D eigenvalue weighted by Crippen LogP contribution is 2.41. The number of rotatable bonds is 2. The van der Waals surface area contributed by atoms with Crippen LogP contribution in [0.1, 0.15) is 31.4 Å². The molecule has 2 aromatic rings. The van der Waals surface area contributed by atoms with E-state index in [1.807, 2.05) is 18.2 Å². The van der Waals surface area contributed by atoms with Crippen LogP contribution >= 0.6 is 11.6 Å². The Balaban J connectivity index is 2.01. The zero-order chi connectivity index (χ0) is 13.5. The van der Waals surface area contributed by atoms with Crippen LogP contribution in [0, 0.1) is 0 Å². The number of fused-ring (bicyclic) bond motifs is 1. The van der Waals surface area contributed by atoms with E-state index in [0.29, 0.717) is 29.2 Å². The van der Waals surface area contributed by atoms with Gasteiger partial charge in [0, 0.05) is 18.9 Å². The minimum Gasteiger partial charge on any atom is -0.456 e. The molecule has 19 heavy (non-hydrogen) atoms. The average molecular weight is 281 g/mol. The Labute approximate surface area is 117 Å². The lowest BCUT2D eigenvalue weighted by atomic mass is 9.81. The maximum atomic E-state index is 10.8. The fourth-order valence-corrected chi connectivity index (χ4v) is 3.11. The first-order chi connectivity index (χ1) is 9.12. The summed E-state index contributed by atoms with van der Waals surface area (Å²) >= 11 is 6.11.